The Labute approximate surface area is 275 Å². The Bertz CT molecular complexity index is 790. The number of ether oxygens (including phenoxy) is 2. The fourth-order valence-corrected chi connectivity index (χ4v) is 11.7. The molecule has 0 aliphatic heterocycles. The van der Waals surface area contributed by atoms with Crippen LogP contribution in [0.2, 0.25) is 12.1 Å². The van der Waals surface area contributed by atoms with Crippen LogP contribution in [0, 0.1) is 0 Å². The number of rotatable bonds is 28. The van der Waals surface area contributed by atoms with E-state index in [2.05, 4.69) is 0 Å². The summed E-state index contributed by atoms with van der Waals surface area (Å²) in [5.41, 5.74) is 0. The summed E-state index contributed by atoms with van der Waals surface area (Å²) in [4.78, 5) is 24.5. The molecule has 0 fully saturated rings. The largest absolute Gasteiger partial charge is 0.500 e. The highest BCUT2D eigenvalue weighted by Gasteiger charge is 2.40. The van der Waals surface area contributed by atoms with Crippen molar-refractivity contribution in [2.45, 2.75) is 79.3 Å². The van der Waals surface area contributed by atoms with Gasteiger partial charge in [-0.1, -0.05) is 0 Å². The number of esters is 2. The Kier molecular flexibility index (Phi) is 23.5. The second-order valence-electron chi connectivity index (χ2n) is 9.32. The Morgan fingerprint density at radius 1 is 0.523 bits per heavy atom. The molecule has 44 heavy (non-hydrogen) atoms. The van der Waals surface area contributed by atoms with E-state index in [9.17, 15) is 9.59 Å². The maximum atomic E-state index is 12.3. The summed E-state index contributed by atoms with van der Waals surface area (Å²) in [6.45, 7) is 15.1. The van der Waals surface area contributed by atoms with Crippen molar-refractivity contribution in [3.63, 3.8) is 0 Å². The molecule has 0 aliphatic carbocycles. The molecule has 1 aromatic rings. The van der Waals surface area contributed by atoms with E-state index in [4.69, 9.17) is 36.0 Å². The fraction of sp³-hybridized carbons (Fsp3) is 0.733. The van der Waals surface area contributed by atoms with E-state index < -0.39 is 17.6 Å². The van der Waals surface area contributed by atoms with Crippen molar-refractivity contribution >= 4 is 53.1 Å². The molecule has 14 heteroatoms. The summed E-state index contributed by atoms with van der Waals surface area (Å²) in [5.74, 6) is 3.32. The first-order valence-corrected chi connectivity index (χ1v) is 22.0. The highest BCUT2D eigenvalue weighted by Crippen LogP contribution is 2.23. The van der Waals surface area contributed by atoms with Crippen LogP contribution in [0.5, 0.6) is 11.5 Å². The van der Waals surface area contributed by atoms with Gasteiger partial charge in [0.15, 0.2) is 0 Å². The lowest BCUT2D eigenvalue weighted by molar-refractivity contribution is -0.135. The van der Waals surface area contributed by atoms with Crippen LogP contribution in [0.3, 0.4) is 0 Å². The van der Waals surface area contributed by atoms with Crippen LogP contribution in [0.4, 0.5) is 0 Å². The zero-order valence-corrected chi connectivity index (χ0v) is 31.2. The summed E-state index contributed by atoms with van der Waals surface area (Å²) < 4.78 is 46.2. The lowest BCUT2D eigenvalue weighted by atomic mass is 10.3. The number of hydrogen-bond acceptors (Lipinski definition) is 12. The Morgan fingerprint density at radius 3 is 1.09 bits per heavy atom. The molecule has 1 aromatic carbocycles. The molecule has 0 heterocycles. The average Bonchev–Trinajstić information content (AvgIpc) is 2.98. The molecule has 0 aliphatic rings. The Hall–Kier alpha value is -0.946. The van der Waals surface area contributed by atoms with Gasteiger partial charge in [-0.2, -0.15) is 23.5 Å². The van der Waals surface area contributed by atoms with E-state index in [0.717, 1.165) is 36.4 Å². The van der Waals surface area contributed by atoms with E-state index in [1.807, 2.05) is 41.5 Å². The summed E-state index contributed by atoms with van der Waals surface area (Å²) in [6, 6.07) is 8.05. The van der Waals surface area contributed by atoms with Crippen molar-refractivity contribution in [2.24, 2.45) is 0 Å². The number of carbonyl (C=O) groups excluding carboxylic acids is 2. The van der Waals surface area contributed by atoms with Crippen LogP contribution in [0.15, 0.2) is 24.3 Å². The van der Waals surface area contributed by atoms with Crippen molar-refractivity contribution in [1.82, 2.24) is 0 Å². The minimum Gasteiger partial charge on any atom is -0.427 e. The molecule has 0 atom stereocenters. The summed E-state index contributed by atoms with van der Waals surface area (Å²) in [6.07, 6.45) is 2.39. The van der Waals surface area contributed by atoms with Crippen LogP contribution in [-0.2, 0) is 36.1 Å². The summed E-state index contributed by atoms with van der Waals surface area (Å²) >= 11 is 3.39. The number of benzene rings is 1. The van der Waals surface area contributed by atoms with E-state index in [1.54, 1.807) is 47.8 Å². The maximum Gasteiger partial charge on any atom is 0.500 e. The van der Waals surface area contributed by atoms with Crippen molar-refractivity contribution < 1.29 is 45.6 Å². The average molecular weight is 695 g/mol. The third-order valence-electron chi connectivity index (χ3n) is 5.92. The van der Waals surface area contributed by atoms with Gasteiger partial charge in [0.25, 0.3) is 0 Å². The SMILES string of the molecule is CCO[Si](CCCSCCC(=O)Oc1ccc(OC(=O)CCSCCC[Si](OCC)(OCC)OCC)cc1)(OCC)OCC. The third-order valence-corrected chi connectivity index (χ3v) is 14.4. The van der Waals surface area contributed by atoms with Gasteiger partial charge < -0.3 is 36.0 Å². The molecule has 0 spiro atoms. The van der Waals surface area contributed by atoms with Crippen molar-refractivity contribution in [2.75, 3.05) is 62.7 Å². The highest BCUT2D eigenvalue weighted by molar-refractivity contribution is 7.99. The molecular formula is C30H54O10S2Si2. The Balaban J connectivity index is 2.28. The minimum absolute atomic E-state index is 0.301. The van der Waals surface area contributed by atoms with Gasteiger partial charge in [-0.25, -0.2) is 0 Å². The van der Waals surface area contributed by atoms with E-state index in [-0.39, 0.29) is 11.9 Å². The molecule has 0 saturated carbocycles. The summed E-state index contributed by atoms with van der Waals surface area (Å²) in [7, 11) is -5.23. The van der Waals surface area contributed by atoms with Crippen LogP contribution in [-0.4, -0.2) is 92.2 Å². The lowest BCUT2D eigenvalue weighted by Crippen LogP contribution is -2.46. The van der Waals surface area contributed by atoms with Crippen molar-refractivity contribution in [1.29, 1.82) is 0 Å². The maximum absolute atomic E-state index is 12.3. The molecule has 0 N–H and O–H groups in total. The van der Waals surface area contributed by atoms with Gasteiger partial charge in [0.2, 0.25) is 0 Å². The molecule has 0 saturated heterocycles. The topological polar surface area (TPSA) is 108 Å². The molecule has 254 valence electrons. The van der Waals surface area contributed by atoms with Crippen LogP contribution < -0.4 is 9.47 Å². The first kappa shape index (κ1) is 41.1. The predicted molar refractivity (Wildman–Crippen MR) is 182 cm³/mol. The molecule has 0 aromatic heterocycles. The van der Waals surface area contributed by atoms with Crippen molar-refractivity contribution in [3.8, 4) is 11.5 Å². The van der Waals surface area contributed by atoms with Gasteiger partial charge in [0.05, 0.1) is 12.8 Å². The Morgan fingerprint density at radius 2 is 0.818 bits per heavy atom. The normalized spacial score (nSPS) is 12.0. The van der Waals surface area contributed by atoms with E-state index in [0.29, 0.717) is 75.5 Å². The number of thioether (sulfide) groups is 2. The van der Waals surface area contributed by atoms with E-state index in [1.165, 1.54) is 0 Å². The van der Waals surface area contributed by atoms with Crippen molar-refractivity contribution in [3.05, 3.63) is 24.3 Å². The van der Waals surface area contributed by atoms with Crippen LogP contribution in [0.25, 0.3) is 0 Å². The molecule has 0 bridgehead atoms. The first-order chi connectivity index (χ1) is 21.3. The lowest BCUT2D eigenvalue weighted by Gasteiger charge is -2.28. The zero-order chi connectivity index (χ0) is 32.5. The predicted octanol–water partition coefficient (Wildman–Crippen LogP) is 6.62. The number of carbonyl (C=O) groups is 2. The molecule has 1 rings (SSSR count). The van der Waals surface area contributed by atoms with Gasteiger partial charge >= 0.3 is 29.5 Å². The highest BCUT2D eigenvalue weighted by atomic mass is 32.2. The van der Waals surface area contributed by atoms with Crippen LogP contribution in [0.1, 0.15) is 67.2 Å². The standard InChI is InChI=1S/C30H54O10S2Si2/c1-7-33-43(34-8-2,35-9-3)25-13-21-41-23-19-29(31)39-27-15-17-28(18-16-27)40-30(32)20-24-42-22-14-26-44(36-10-4,37-11-5)38-12-6/h15-18H,7-14,19-26H2,1-6H3. The third kappa shape index (κ3) is 17.7. The second-order valence-corrected chi connectivity index (χ2v) is 17.2. The molecule has 0 unspecified atom stereocenters. The van der Waals surface area contributed by atoms with Gasteiger partial charge in [0.1, 0.15) is 11.5 Å². The summed E-state index contributed by atoms with van der Waals surface area (Å²) in [5, 5.41) is 0. The monoisotopic (exact) mass is 694 g/mol. The van der Waals surface area contributed by atoms with Gasteiger partial charge in [-0.3, -0.25) is 9.59 Å². The van der Waals surface area contributed by atoms with Gasteiger partial charge in [-0.05, 0) is 90.2 Å². The first-order valence-electron chi connectivity index (χ1n) is 15.8. The molecule has 0 radical (unpaired) electrons. The quantitative estimate of drug-likeness (QED) is 0.0407. The molecule has 10 nitrogen and oxygen atoms in total. The van der Waals surface area contributed by atoms with Gasteiger partial charge in [-0.15, -0.1) is 0 Å². The molecule has 0 amide bonds. The fourth-order valence-electron chi connectivity index (χ4n) is 4.24. The van der Waals surface area contributed by atoms with E-state index >= 15 is 0 Å². The zero-order valence-electron chi connectivity index (χ0n) is 27.5. The van der Waals surface area contributed by atoms with Crippen LogP contribution >= 0.6 is 23.5 Å². The smallest absolute Gasteiger partial charge is 0.427 e. The number of hydrogen-bond donors (Lipinski definition) is 0. The molecular weight excluding hydrogens is 641 g/mol. The van der Waals surface area contributed by atoms with Gasteiger partial charge in [0, 0.05) is 63.2 Å². The second kappa shape index (κ2) is 25.2. The minimum atomic E-state index is -2.62.